The van der Waals surface area contributed by atoms with Gasteiger partial charge in [0, 0.05) is 17.0 Å². The molecule has 0 spiro atoms. The Kier molecular flexibility index (Phi) is 5.71. The third-order valence-corrected chi connectivity index (χ3v) is 5.26. The van der Waals surface area contributed by atoms with E-state index in [2.05, 4.69) is 20.3 Å². The summed E-state index contributed by atoms with van der Waals surface area (Å²) < 4.78 is 39.9. The number of anilines is 2. The van der Waals surface area contributed by atoms with Crippen molar-refractivity contribution in [3.8, 4) is 28.0 Å². The van der Waals surface area contributed by atoms with Crippen LogP contribution in [0.1, 0.15) is 29.9 Å². The fourth-order valence-corrected chi connectivity index (χ4v) is 3.80. The minimum atomic E-state index is -4.63. The highest BCUT2D eigenvalue weighted by Crippen LogP contribution is 2.39. The van der Waals surface area contributed by atoms with E-state index < -0.39 is 17.5 Å². The third-order valence-electron chi connectivity index (χ3n) is 5.26. The van der Waals surface area contributed by atoms with Gasteiger partial charge in [-0.3, -0.25) is 0 Å². The predicted octanol–water partition coefficient (Wildman–Crippen LogP) is 5.93. The number of aromatic nitrogens is 3. The van der Waals surface area contributed by atoms with Crippen molar-refractivity contribution in [3.63, 3.8) is 0 Å². The summed E-state index contributed by atoms with van der Waals surface area (Å²) in [5.41, 5.74) is 9.14. The van der Waals surface area contributed by atoms with E-state index in [0.717, 1.165) is 28.6 Å². The molecule has 0 radical (unpaired) electrons. The van der Waals surface area contributed by atoms with Gasteiger partial charge in [-0.15, -0.1) is 0 Å². The Balaban J connectivity index is 1.76. The predicted molar refractivity (Wildman–Crippen MR) is 122 cm³/mol. The van der Waals surface area contributed by atoms with Gasteiger partial charge in [-0.1, -0.05) is 30.3 Å². The Labute approximate surface area is 188 Å². The second-order valence-electron chi connectivity index (χ2n) is 7.76. The van der Waals surface area contributed by atoms with Crippen molar-refractivity contribution in [2.45, 2.75) is 26.1 Å². The Morgan fingerprint density at radius 3 is 2.45 bits per heavy atom. The number of hydrogen-bond acceptors (Lipinski definition) is 5. The summed E-state index contributed by atoms with van der Waals surface area (Å²) in [4.78, 5) is 11.5. The van der Waals surface area contributed by atoms with E-state index in [-0.39, 0.29) is 28.8 Å². The van der Waals surface area contributed by atoms with E-state index in [1.54, 1.807) is 0 Å². The zero-order valence-electron chi connectivity index (χ0n) is 17.9. The standard InChI is InChI=1S/C24H22F3N5O/c1-13-8-19(15-6-4-3-5-7-15)21(31-13)14(2)32-23-20(22(28)29-12-30-23)16-9-17(24(25,26)27)11-18(33)10-16/h3-12,14,31,33H,1-2H3,(H3,28,29,30,32). The number of nitrogens with two attached hydrogens (primary N) is 1. The molecule has 2 aromatic carbocycles. The number of nitrogens with one attached hydrogen (secondary N) is 2. The Hall–Kier alpha value is -4.01. The molecule has 4 aromatic rings. The minimum Gasteiger partial charge on any atom is -0.508 e. The van der Waals surface area contributed by atoms with Crippen molar-refractivity contribution in [1.82, 2.24) is 15.0 Å². The second-order valence-corrected chi connectivity index (χ2v) is 7.76. The number of aryl methyl sites for hydroxylation is 1. The smallest absolute Gasteiger partial charge is 0.416 e. The van der Waals surface area contributed by atoms with Crippen LogP contribution in [0.15, 0.2) is 60.9 Å². The molecule has 0 aliphatic rings. The fourth-order valence-electron chi connectivity index (χ4n) is 3.80. The number of nitrogen functional groups attached to an aromatic ring is 1. The van der Waals surface area contributed by atoms with E-state index >= 15 is 0 Å². The number of phenolic OH excluding ortho intramolecular Hbond substituents is 1. The summed E-state index contributed by atoms with van der Waals surface area (Å²) in [6.07, 6.45) is -3.40. The highest BCUT2D eigenvalue weighted by atomic mass is 19.4. The van der Waals surface area contributed by atoms with Crippen molar-refractivity contribution in [1.29, 1.82) is 0 Å². The Morgan fingerprint density at radius 2 is 1.76 bits per heavy atom. The van der Waals surface area contributed by atoms with Gasteiger partial charge in [0.1, 0.15) is 23.7 Å². The molecule has 0 saturated carbocycles. The first-order valence-electron chi connectivity index (χ1n) is 10.2. The van der Waals surface area contributed by atoms with Crippen LogP contribution in [0.3, 0.4) is 0 Å². The molecule has 0 fully saturated rings. The summed E-state index contributed by atoms with van der Waals surface area (Å²) in [5.74, 6) is -0.294. The zero-order chi connectivity index (χ0) is 23.8. The summed E-state index contributed by atoms with van der Waals surface area (Å²) in [5, 5.41) is 13.2. The molecule has 2 heterocycles. The van der Waals surface area contributed by atoms with Crippen LogP contribution in [0.25, 0.3) is 22.3 Å². The van der Waals surface area contributed by atoms with Crippen LogP contribution < -0.4 is 11.1 Å². The zero-order valence-corrected chi connectivity index (χ0v) is 17.9. The van der Waals surface area contributed by atoms with Gasteiger partial charge in [0.05, 0.1) is 17.2 Å². The van der Waals surface area contributed by atoms with Gasteiger partial charge in [0.15, 0.2) is 0 Å². The van der Waals surface area contributed by atoms with Crippen LogP contribution in [-0.4, -0.2) is 20.1 Å². The van der Waals surface area contributed by atoms with Gasteiger partial charge in [-0.05, 0) is 49.2 Å². The van der Waals surface area contributed by atoms with Crippen molar-refractivity contribution >= 4 is 11.6 Å². The molecule has 0 aliphatic heterocycles. The van der Waals surface area contributed by atoms with Gasteiger partial charge < -0.3 is 21.1 Å². The van der Waals surface area contributed by atoms with Crippen LogP contribution in [0.5, 0.6) is 5.75 Å². The van der Waals surface area contributed by atoms with Gasteiger partial charge in [-0.2, -0.15) is 13.2 Å². The van der Waals surface area contributed by atoms with Crippen LogP contribution in [0.4, 0.5) is 24.8 Å². The van der Waals surface area contributed by atoms with E-state index in [9.17, 15) is 18.3 Å². The molecule has 9 heteroatoms. The van der Waals surface area contributed by atoms with E-state index in [0.29, 0.717) is 6.07 Å². The molecule has 33 heavy (non-hydrogen) atoms. The lowest BCUT2D eigenvalue weighted by atomic mass is 10.0. The molecule has 0 aliphatic carbocycles. The molecular weight excluding hydrogens is 431 g/mol. The number of nitrogens with zero attached hydrogens (tertiary/aromatic N) is 2. The number of rotatable bonds is 5. The summed E-state index contributed by atoms with van der Waals surface area (Å²) >= 11 is 0. The lowest BCUT2D eigenvalue weighted by molar-refractivity contribution is -0.137. The number of hydrogen-bond donors (Lipinski definition) is 4. The van der Waals surface area contributed by atoms with Gasteiger partial charge in [-0.25, -0.2) is 9.97 Å². The maximum Gasteiger partial charge on any atom is 0.416 e. The van der Waals surface area contributed by atoms with Crippen LogP contribution >= 0.6 is 0 Å². The maximum atomic E-state index is 13.3. The van der Waals surface area contributed by atoms with Gasteiger partial charge in [0.2, 0.25) is 0 Å². The van der Waals surface area contributed by atoms with E-state index in [1.165, 1.54) is 12.4 Å². The first-order valence-corrected chi connectivity index (χ1v) is 10.2. The second kappa shape index (κ2) is 8.50. The maximum absolute atomic E-state index is 13.3. The van der Waals surface area contributed by atoms with Crippen LogP contribution in [-0.2, 0) is 6.18 Å². The lowest BCUT2D eigenvalue weighted by Gasteiger charge is -2.19. The number of alkyl halides is 3. The Bertz CT molecular complexity index is 1290. The van der Waals surface area contributed by atoms with Crippen molar-refractivity contribution in [2.24, 2.45) is 0 Å². The molecular formula is C24H22F3N5O. The first-order chi connectivity index (χ1) is 15.6. The molecule has 170 valence electrons. The van der Waals surface area contributed by atoms with Crippen molar-refractivity contribution in [2.75, 3.05) is 11.1 Å². The summed E-state index contributed by atoms with van der Waals surface area (Å²) in [7, 11) is 0. The minimum absolute atomic E-state index is 0.00984. The average molecular weight is 453 g/mol. The molecule has 0 saturated heterocycles. The first kappa shape index (κ1) is 22.2. The highest BCUT2D eigenvalue weighted by Gasteiger charge is 2.32. The topological polar surface area (TPSA) is 99.8 Å². The van der Waals surface area contributed by atoms with Crippen LogP contribution in [0.2, 0.25) is 0 Å². The number of phenols is 1. The molecule has 0 amide bonds. The van der Waals surface area contributed by atoms with Crippen molar-refractivity contribution in [3.05, 3.63) is 77.9 Å². The number of aromatic hydroxyl groups is 1. The molecule has 6 nitrogen and oxygen atoms in total. The molecule has 1 atom stereocenters. The molecule has 4 rings (SSSR count). The van der Waals surface area contributed by atoms with Gasteiger partial charge >= 0.3 is 6.18 Å². The van der Waals surface area contributed by atoms with Crippen LogP contribution in [0, 0.1) is 6.92 Å². The third kappa shape index (κ3) is 4.62. The summed E-state index contributed by atoms with van der Waals surface area (Å²) in [6.45, 7) is 3.85. The quantitative estimate of drug-likeness (QED) is 0.300. The number of halogens is 3. The molecule has 5 N–H and O–H groups in total. The largest absolute Gasteiger partial charge is 0.508 e. The summed E-state index contributed by atoms with van der Waals surface area (Å²) in [6, 6.07) is 14.3. The molecule has 2 aromatic heterocycles. The molecule has 0 bridgehead atoms. The fraction of sp³-hybridized carbons (Fsp3) is 0.167. The lowest BCUT2D eigenvalue weighted by Crippen LogP contribution is -2.12. The number of H-pyrrole nitrogens is 1. The normalized spacial score (nSPS) is 12.5. The van der Waals surface area contributed by atoms with Gasteiger partial charge in [0.25, 0.3) is 0 Å². The SMILES string of the molecule is Cc1cc(-c2ccccc2)c(C(C)Nc2ncnc(N)c2-c2cc(O)cc(C(F)(F)F)c2)[nH]1. The number of benzene rings is 2. The number of aromatic amines is 1. The van der Waals surface area contributed by atoms with Crippen molar-refractivity contribution < 1.29 is 18.3 Å². The Morgan fingerprint density at radius 1 is 1.03 bits per heavy atom. The molecule has 1 unspecified atom stereocenters. The highest BCUT2D eigenvalue weighted by molar-refractivity contribution is 5.84. The van der Waals surface area contributed by atoms with E-state index in [1.807, 2.05) is 50.2 Å². The average Bonchev–Trinajstić information content (AvgIpc) is 3.15. The monoisotopic (exact) mass is 453 g/mol. The van der Waals surface area contributed by atoms with E-state index in [4.69, 9.17) is 5.73 Å².